The average molecular weight is 328 g/mol. The Labute approximate surface area is 142 Å². The van der Waals surface area contributed by atoms with Gasteiger partial charge in [-0.15, -0.1) is 10.2 Å². The molecule has 1 aliphatic heterocycles. The van der Waals surface area contributed by atoms with E-state index in [0.29, 0.717) is 24.7 Å². The summed E-state index contributed by atoms with van der Waals surface area (Å²) in [6.07, 6.45) is 0.474. The van der Waals surface area contributed by atoms with E-state index >= 15 is 0 Å². The van der Waals surface area contributed by atoms with Gasteiger partial charge in [0.15, 0.2) is 0 Å². The van der Waals surface area contributed by atoms with Crippen LogP contribution in [0.15, 0.2) is 34.7 Å². The molecule has 1 saturated heterocycles. The van der Waals surface area contributed by atoms with Crippen molar-refractivity contribution in [3.8, 4) is 0 Å². The highest BCUT2D eigenvalue weighted by Crippen LogP contribution is 2.14. The minimum Gasteiger partial charge on any atom is -0.424 e. The summed E-state index contributed by atoms with van der Waals surface area (Å²) in [7, 11) is 0. The molecule has 0 atom stereocenters. The van der Waals surface area contributed by atoms with Crippen molar-refractivity contribution in [2.75, 3.05) is 26.2 Å². The van der Waals surface area contributed by atoms with Crippen molar-refractivity contribution >= 4 is 5.91 Å². The van der Waals surface area contributed by atoms with Crippen molar-refractivity contribution in [2.45, 2.75) is 32.7 Å². The average Bonchev–Trinajstić information content (AvgIpc) is 3.05. The summed E-state index contributed by atoms with van der Waals surface area (Å²) in [5, 5.41) is 8.17. The molecule has 1 amide bonds. The SMILES string of the molecule is CC(C)c1nnc(CN2CCN(C(=O)Cc3ccccc3)CC2)o1. The number of amides is 1. The van der Waals surface area contributed by atoms with E-state index in [2.05, 4.69) is 15.1 Å². The summed E-state index contributed by atoms with van der Waals surface area (Å²) in [5.41, 5.74) is 1.07. The molecule has 0 spiro atoms. The summed E-state index contributed by atoms with van der Waals surface area (Å²) in [4.78, 5) is 16.6. The molecule has 0 bridgehead atoms. The van der Waals surface area contributed by atoms with Gasteiger partial charge in [0.2, 0.25) is 17.7 Å². The Bertz CT molecular complexity index is 661. The largest absolute Gasteiger partial charge is 0.424 e. The number of carbonyl (C=O) groups is 1. The Morgan fingerprint density at radius 2 is 1.83 bits per heavy atom. The van der Waals surface area contributed by atoms with Crippen LogP contribution >= 0.6 is 0 Å². The Morgan fingerprint density at radius 1 is 1.12 bits per heavy atom. The van der Waals surface area contributed by atoms with Crippen LogP contribution in [0.25, 0.3) is 0 Å². The molecule has 0 unspecified atom stereocenters. The van der Waals surface area contributed by atoms with Crippen molar-refractivity contribution in [3.63, 3.8) is 0 Å². The third-order valence-corrected chi connectivity index (χ3v) is 4.26. The molecular weight excluding hydrogens is 304 g/mol. The smallest absolute Gasteiger partial charge is 0.230 e. The number of piperazine rings is 1. The fourth-order valence-electron chi connectivity index (χ4n) is 2.79. The maximum atomic E-state index is 12.4. The first-order chi connectivity index (χ1) is 11.6. The van der Waals surface area contributed by atoms with E-state index in [9.17, 15) is 4.79 Å². The predicted molar refractivity (Wildman–Crippen MR) is 90.4 cm³/mol. The molecule has 1 aliphatic rings. The van der Waals surface area contributed by atoms with Gasteiger partial charge in [0.1, 0.15) is 0 Å². The van der Waals surface area contributed by atoms with Crippen molar-refractivity contribution in [1.29, 1.82) is 0 Å². The molecule has 1 fully saturated rings. The van der Waals surface area contributed by atoms with Gasteiger partial charge in [-0.05, 0) is 5.56 Å². The maximum Gasteiger partial charge on any atom is 0.230 e. The molecule has 0 N–H and O–H groups in total. The van der Waals surface area contributed by atoms with E-state index in [4.69, 9.17) is 4.42 Å². The third kappa shape index (κ3) is 4.20. The molecule has 2 heterocycles. The van der Waals surface area contributed by atoms with Crippen LogP contribution in [0.3, 0.4) is 0 Å². The zero-order valence-electron chi connectivity index (χ0n) is 14.3. The van der Waals surface area contributed by atoms with Crippen LogP contribution in [0.5, 0.6) is 0 Å². The number of nitrogens with zero attached hydrogens (tertiary/aromatic N) is 4. The summed E-state index contributed by atoms with van der Waals surface area (Å²) < 4.78 is 5.66. The van der Waals surface area contributed by atoms with Gasteiger partial charge in [-0.3, -0.25) is 9.69 Å². The first-order valence-corrected chi connectivity index (χ1v) is 8.48. The maximum absolute atomic E-state index is 12.4. The monoisotopic (exact) mass is 328 g/mol. The van der Waals surface area contributed by atoms with Crippen LogP contribution in [0.2, 0.25) is 0 Å². The topological polar surface area (TPSA) is 62.5 Å². The van der Waals surface area contributed by atoms with E-state index in [-0.39, 0.29) is 11.8 Å². The van der Waals surface area contributed by atoms with Gasteiger partial charge in [-0.25, -0.2) is 0 Å². The number of rotatable bonds is 5. The van der Waals surface area contributed by atoms with Gasteiger partial charge in [-0.2, -0.15) is 0 Å². The summed E-state index contributed by atoms with van der Waals surface area (Å²) in [6.45, 7) is 7.89. The summed E-state index contributed by atoms with van der Waals surface area (Å²) >= 11 is 0. The predicted octanol–water partition coefficient (Wildman–Crippen LogP) is 2.08. The molecular formula is C18H24N4O2. The second kappa shape index (κ2) is 7.57. The van der Waals surface area contributed by atoms with Crippen LogP contribution < -0.4 is 0 Å². The zero-order valence-corrected chi connectivity index (χ0v) is 14.3. The first kappa shape index (κ1) is 16.6. The lowest BCUT2D eigenvalue weighted by molar-refractivity contribution is -0.132. The van der Waals surface area contributed by atoms with Crippen LogP contribution in [0, 0.1) is 0 Å². The zero-order chi connectivity index (χ0) is 16.9. The first-order valence-electron chi connectivity index (χ1n) is 8.48. The second-order valence-corrected chi connectivity index (χ2v) is 6.51. The third-order valence-electron chi connectivity index (χ3n) is 4.26. The highest BCUT2D eigenvalue weighted by molar-refractivity contribution is 5.78. The van der Waals surface area contributed by atoms with Gasteiger partial charge in [-0.1, -0.05) is 44.2 Å². The van der Waals surface area contributed by atoms with E-state index in [1.807, 2.05) is 49.1 Å². The number of hydrogen-bond donors (Lipinski definition) is 0. The van der Waals surface area contributed by atoms with E-state index in [1.165, 1.54) is 0 Å². The van der Waals surface area contributed by atoms with Crippen molar-refractivity contribution in [3.05, 3.63) is 47.7 Å². The van der Waals surface area contributed by atoms with Gasteiger partial charge in [0.05, 0.1) is 13.0 Å². The molecule has 6 nitrogen and oxygen atoms in total. The van der Waals surface area contributed by atoms with E-state index in [0.717, 1.165) is 31.7 Å². The Kier molecular flexibility index (Phi) is 5.25. The highest BCUT2D eigenvalue weighted by atomic mass is 16.4. The van der Waals surface area contributed by atoms with Crippen molar-refractivity contribution in [1.82, 2.24) is 20.0 Å². The van der Waals surface area contributed by atoms with Gasteiger partial charge in [0.25, 0.3) is 0 Å². The molecule has 1 aromatic carbocycles. The van der Waals surface area contributed by atoms with Crippen LogP contribution in [-0.4, -0.2) is 52.1 Å². The summed E-state index contributed by atoms with van der Waals surface area (Å²) in [5.74, 6) is 1.78. The normalized spacial score (nSPS) is 15.9. The number of hydrogen-bond acceptors (Lipinski definition) is 5. The van der Waals surface area contributed by atoms with E-state index in [1.54, 1.807) is 0 Å². The van der Waals surface area contributed by atoms with Crippen LogP contribution in [0.1, 0.15) is 37.1 Å². The standard InChI is InChI=1S/C18H24N4O2/c1-14(2)18-20-19-16(24-18)13-21-8-10-22(11-9-21)17(23)12-15-6-4-3-5-7-15/h3-7,14H,8-13H2,1-2H3. The lowest BCUT2D eigenvalue weighted by atomic mass is 10.1. The molecule has 24 heavy (non-hydrogen) atoms. The minimum atomic E-state index is 0.195. The molecule has 1 aromatic heterocycles. The molecule has 128 valence electrons. The number of carbonyl (C=O) groups excluding carboxylic acids is 1. The molecule has 3 rings (SSSR count). The lowest BCUT2D eigenvalue weighted by Gasteiger charge is -2.34. The van der Waals surface area contributed by atoms with Crippen LogP contribution in [-0.2, 0) is 17.8 Å². The molecule has 6 heteroatoms. The second-order valence-electron chi connectivity index (χ2n) is 6.51. The van der Waals surface area contributed by atoms with Gasteiger partial charge in [0, 0.05) is 32.1 Å². The lowest BCUT2D eigenvalue weighted by Crippen LogP contribution is -2.48. The van der Waals surface area contributed by atoms with Gasteiger partial charge >= 0.3 is 0 Å². The fraction of sp³-hybridized carbons (Fsp3) is 0.500. The molecule has 0 aliphatic carbocycles. The fourth-order valence-corrected chi connectivity index (χ4v) is 2.79. The molecule has 2 aromatic rings. The summed E-state index contributed by atoms with van der Waals surface area (Å²) in [6, 6.07) is 9.90. The Balaban J connectivity index is 1.47. The Morgan fingerprint density at radius 3 is 2.46 bits per heavy atom. The number of benzene rings is 1. The number of aromatic nitrogens is 2. The van der Waals surface area contributed by atoms with Crippen molar-refractivity contribution < 1.29 is 9.21 Å². The minimum absolute atomic E-state index is 0.195. The van der Waals surface area contributed by atoms with Gasteiger partial charge < -0.3 is 9.32 Å². The van der Waals surface area contributed by atoms with E-state index < -0.39 is 0 Å². The Hall–Kier alpha value is -2.21. The van der Waals surface area contributed by atoms with Crippen LogP contribution in [0.4, 0.5) is 0 Å². The molecule has 0 radical (unpaired) electrons. The highest BCUT2D eigenvalue weighted by Gasteiger charge is 2.22. The van der Waals surface area contributed by atoms with Crippen molar-refractivity contribution in [2.24, 2.45) is 0 Å². The molecule has 0 saturated carbocycles. The quantitative estimate of drug-likeness (QED) is 0.841.